The molecule has 2 rings (SSSR count). The molecule has 0 amide bonds. The molecule has 1 aliphatic rings. The van der Waals surface area contributed by atoms with E-state index in [-0.39, 0.29) is 18.2 Å². The Morgan fingerprint density at radius 1 is 1.38 bits per heavy atom. The van der Waals surface area contributed by atoms with Gasteiger partial charge in [0.2, 0.25) is 0 Å². The first-order valence-corrected chi connectivity index (χ1v) is 7.79. The van der Waals surface area contributed by atoms with E-state index in [9.17, 15) is 5.11 Å². The van der Waals surface area contributed by atoms with Crippen LogP contribution in [-0.2, 0) is 0 Å². The minimum Gasteiger partial charge on any atom is -0.392 e. The Morgan fingerprint density at radius 2 is 2.05 bits per heavy atom. The van der Waals surface area contributed by atoms with Gasteiger partial charge in [0.1, 0.15) is 0 Å². The van der Waals surface area contributed by atoms with E-state index >= 15 is 0 Å². The number of β-amino-alcohol motifs (C(OH)–C–C–N with tert-alkyl or cyclic N) is 1. The number of hydrogen-bond acceptors (Lipinski definition) is 4. The van der Waals surface area contributed by atoms with E-state index in [0.717, 1.165) is 13.0 Å². The quantitative estimate of drug-likeness (QED) is 0.860. The van der Waals surface area contributed by atoms with Gasteiger partial charge in [0, 0.05) is 25.2 Å². The van der Waals surface area contributed by atoms with Crippen LogP contribution < -0.4 is 5.73 Å². The molecule has 1 heterocycles. The molecule has 0 bridgehead atoms. The summed E-state index contributed by atoms with van der Waals surface area (Å²) < 4.78 is 0. The van der Waals surface area contributed by atoms with Crippen LogP contribution in [0, 0.1) is 6.92 Å². The summed E-state index contributed by atoms with van der Waals surface area (Å²) in [5, 5.41) is 10.1. The molecule has 0 aromatic heterocycles. The second-order valence-corrected chi connectivity index (χ2v) is 6.66. The van der Waals surface area contributed by atoms with Crippen molar-refractivity contribution in [2.75, 3.05) is 27.2 Å². The van der Waals surface area contributed by atoms with Crippen LogP contribution in [0.15, 0.2) is 24.3 Å². The lowest BCUT2D eigenvalue weighted by Gasteiger charge is -2.37. The molecule has 1 aliphatic heterocycles. The molecular weight excluding hydrogens is 262 g/mol. The molecule has 0 radical (unpaired) electrons. The van der Waals surface area contributed by atoms with Crippen LogP contribution >= 0.6 is 0 Å². The molecule has 1 aromatic carbocycles. The number of likely N-dealkylation sites (tertiary alicyclic amines) is 1. The van der Waals surface area contributed by atoms with Gasteiger partial charge in [-0.25, -0.2) is 0 Å². The first-order chi connectivity index (χ1) is 9.90. The van der Waals surface area contributed by atoms with Gasteiger partial charge in [-0.05, 0) is 45.5 Å². The number of aliphatic hydroxyl groups excluding tert-OH is 1. The fourth-order valence-electron chi connectivity index (χ4n) is 3.54. The number of nitrogens with two attached hydrogens (primary N) is 1. The molecule has 0 spiro atoms. The van der Waals surface area contributed by atoms with E-state index in [2.05, 4.69) is 62.0 Å². The Balaban J connectivity index is 2.31. The third-order valence-corrected chi connectivity index (χ3v) is 4.37. The third-order valence-electron chi connectivity index (χ3n) is 4.37. The lowest BCUT2D eigenvalue weighted by Crippen LogP contribution is -2.45. The number of aliphatic hydroxyl groups is 1. The highest BCUT2D eigenvalue weighted by atomic mass is 16.3. The maximum Gasteiger partial charge on any atom is 0.0682 e. The van der Waals surface area contributed by atoms with Gasteiger partial charge in [0.15, 0.2) is 0 Å². The number of aryl methyl sites for hydroxylation is 1. The number of rotatable bonds is 5. The monoisotopic (exact) mass is 291 g/mol. The number of benzene rings is 1. The van der Waals surface area contributed by atoms with Crippen LogP contribution in [0.25, 0.3) is 0 Å². The molecule has 4 unspecified atom stereocenters. The zero-order valence-corrected chi connectivity index (χ0v) is 13.7. The second-order valence-electron chi connectivity index (χ2n) is 6.66. The molecular formula is C17H29N3O. The fraction of sp³-hybridized carbons (Fsp3) is 0.647. The summed E-state index contributed by atoms with van der Waals surface area (Å²) in [7, 11) is 4.16. The SMILES string of the molecule is Cc1ccccc1C(C(C)N)N1CC(O)CC1CN(C)C. The highest BCUT2D eigenvalue weighted by Crippen LogP contribution is 2.33. The maximum absolute atomic E-state index is 10.1. The summed E-state index contributed by atoms with van der Waals surface area (Å²) in [5.74, 6) is 0. The first kappa shape index (κ1) is 16.4. The van der Waals surface area contributed by atoms with Crippen molar-refractivity contribution < 1.29 is 5.11 Å². The molecule has 0 aliphatic carbocycles. The summed E-state index contributed by atoms with van der Waals surface area (Å²) in [5.41, 5.74) is 8.87. The molecule has 1 aromatic rings. The predicted octanol–water partition coefficient (Wildman–Crippen LogP) is 1.38. The van der Waals surface area contributed by atoms with Crippen molar-refractivity contribution in [3.05, 3.63) is 35.4 Å². The second kappa shape index (κ2) is 6.88. The fourth-order valence-corrected chi connectivity index (χ4v) is 3.54. The number of hydrogen-bond donors (Lipinski definition) is 2. The Kier molecular flexibility index (Phi) is 5.38. The van der Waals surface area contributed by atoms with E-state index in [1.54, 1.807) is 0 Å². The lowest BCUT2D eigenvalue weighted by atomic mass is 9.94. The summed E-state index contributed by atoms with van der Waals surface area (Å²) in [6.45, 7) is 5.86. The molecule has 1 fully saturated rings. The minimum atomic E-state index is -0.250. The highest BCUT2D eigenvalue weighted by molar-refractivity contribution is 5.30. The van der Waals surface area contributed by atoms with Crippen LogP contribution in [-0.4, -0.2) is 60.3 Å². The molecule has 118 valence electrons. The van der Waals surface area contributed by atoms with Crippen molar-refractivity contribution in [2.24, 2.45) is 5.73 Å². The van der Waals surface area contributed by atoms with Crippen molar-refractivity contribution in [2.45, 2.75) is 44.5 Å². The predicted molar refractivity (Wildman–Crippen MR) is 87.2 cm³/mol. The number of likely N-dealkylation sites (N-methyl/N-ethyl adjacent to an activating group) is 1. The third kappa shape index (κ3) is 3.83. The van der Waals surface area contributed by atoms with Gasteiger partial charge >= 0.3 is 0 Å². The molecule has 4 heteroatoms. The normalized spacial score (nSPS) is 26.2. The summed E-state index contributed by atoms with van der Waals surface area (Å²) in [4.78, 5) is 4.59. The van der Waals surface area contributed by atoms with Gasteiger partial charge in [-0.15, -0.1) is 0 Å². The van der Waals surface area contributed by atoms with Gasteiger partial charge in [-0.3, -0.25) is 4.90 Å². The summed E-state index contributed by atoms with van der Waals surface area (Å²) in [6.07, 6.45) is 0.577. The average molecular weight is 291 g/mol. The Labute approximate surface area is 128 Å². The summed E-state index contributed by atoms with van der Waals surface area (Å²) in [6, 6.07) is 8.98. The van der Waals surface area contributed by atoms with E-state index in [4.69, 9.17) is 5.73 Å². The molecule has 4 nitrogen and oxygen atoms in total. The molecule has 1 saturated heterocycles. The van der Waals surface area contributed by atoms with Gasteiger partial charge < -0.3 is 15.7 Å². The lowest BCUT2D eigenvalue weighted by molar-refractivity contribution is 0.123. The van der Waals surface area contributed by atoms with Crippen molar-refractivity contribution >= 4 is 0 Å². The van der Waals surface area contributed by atoms with E-state index in [1.807, 2.05) is 0 Å². The van der Waals surface area contributed by atoms with Crippen molar-refractivity contribution in [3.63, 3.8) is 0 Å². The van der Waals surface area contributed by atoms with Crippen LogP contribution in [0.1, 0.15) is 30.5 Å². The zero-order valence-electron chi connectivity index (χ0n) is 13.7. The van der Waals surface area contributed by atoms with Crippen molar-refractivity contribution in [1.82, 2.24) is 9.80 Å². The maximum atomic E-state index is 10.1. The standard InChI is InChI=1S/C17H29N3O/c1-12-7-5-6-8-16(12)17(13(2)18)20-11-15(21)9-14(20)10-19(3)4/h5-8,13-15,17,21H,9-11,18H2,1-4H3. The summed E-state index contributed by atoms with van der Waals surface area (Å²) >= 11 is 0. The number of nitrogens with zero attached hydrogens (tertiary/aromatic N) is 2. The molecule has 21 heavy (non-hydrogen) atoms. The van der Waals surface area contributed by atoms with Crippen LogP contribution in [0.5, 0.6) is 0 Å². The van der Waals surface area contributed by atoms with Crippen LogP contribution in [0.4, 0.5) is 0 Å². The first-order valence-electron chi connectivity index (χ1n) is 7.79. The van der Waals surface area contributed by atoms with Gasteiger partial charge in [0.25, 0.3) is 0 Å². The Hall–Kier alpha value is -0.940. The van der Waals surface area contributed by atoms with Crippen LogP contribution in [0.3, 0.4) is 0 Å². The average Bonchev–Trinajstić information content (AvgIpc) is 2.71. The van der Waals surface area contributed by atoms with E-state index < -0.39 is 0 Å². The van der Waals surface area contributed by atoms with Gasteiger partial charge in [0.05, 0.1) is 12.1 Å². The molecule has 4 atom stereocenters. The van der Waals surface area contributed by atoms with Crippen molar-refractivity contribution in [3.8, 4) is 0 Å². The van der Waals surface area contributed by atoms with Gasteiger partial charge in [-0.2, -0.15) is 0 Å². The van der Waals surface area contributed by atoms with E-state index in [1.165, 1.54) is 11.1 Å². The Bertz CT molecular complexity index is 461. The Morgan fingerprint density at radius 3 is 2.62 bits per heavy atom. The van der Waals surface area contributed by atoms with Gasteiger partial charge in [-0.1, -0.05) is 24.3 Å². The molecule has 0 saturated carbocycles. The smallest absolute Gasteiger partial charge is 0.0682 e. The molecule has 3 N–H and O–H groups in total. The van der Waals surface area contributed by atoms with E-state index in [0.29, 0.717) is 12.6 Å². The van der Waals surface area contributed by atoms with Crippen molar-refractivity contribution in [1.29, 1.82) is 0 Å². The zero-order chi connectivity index (χ0) is 15.6. The van der Waals surface area contributed by atoms with Crippen LogP contribution in [0.2, 0.25) is 0 Å². The largest absolute Gasteiger partial charge is 0.392 e. The topological polar surface area (TPSA) is 52.7 Å². The minimum absolute atomic E-state index is 0.0288. The highest BCUT2D eigenvalue weighted by Gasteiger charge is 2.38.